The third-order valence-electron chi connectivity index (χ3n) is 11.3. The number of nitrogens with zero attached hydrogens (tertiary/aromatic N) is 3. The SMILES string of the molecule is C[C@@H]1NC(=O)[C@@H](N(C)C(=O)[C@H](CCNS(N)(=O)=O)NC(=O)c2cnc(-c3ccc(C(C)(C)C)cc3)nc2N)c2cc(OC[C@H](O)CN)c(O)c(c2)-c2cc(ccc2OCCCN)C[C@@H](C(=O)O)NC1=O. The van der Waals surface area contributed by atoms with Crippen LogP contribution in [0.15, 0.2) is 60.8 Å². The Balaban J connectivity index is 1.64. The third-order valence-corrected chi connectivity index (χ3v) is 11.9. The van der Waals surface area contributed by atoms with Crippen molar-refractivity contribution in [3.8, 4) is 39.8 Å². The number of rotatable bonds is 18. The molecule has 15 N–H and O–H groups in total. The number of amides is 4. The lowest BCUT2D eigenvalue weighted by Gasteiger charge is -2.33. The molecule has 5 atom stereocenters. The number of fused-ring (bicyclic) bond motifs is 5. The maximum absolute atomic E-state index is 14.9. The van der Waals surface area contributed by atoms with E-state index in [2.05, 4.69) is 51.4 Å². The largest absolute Gasteiger partial charge is 0.504 e. The number of nitrogen functional groups attached to an aromatic ring is 1. The van der Waals surface area contributed by atoms with E-state index in [0.717, 1.165) is 16.7 Å². The number of hydrogen-bond donors (Lipinski definition) is 11. The number of nitrogens with two attached hydrogens (primary N) is 4. The number of aliphatic carboxylic acids is 1. The number of benzene rings is 3. The summed E-state index contributed by atoms with van der Waals surface area (Å²) in [7, 11) is -3.12. The highest BCUT2D eigenvalue weighted by Crippen LogP contribution is 2.45. The van der Waals surface area contributed by atoms with Gasteiger partial charge < -0.3 is 62.8 Å². The van der Waals surface area contributed by atoms with Crippen LogP contribution in [0.2, 0.25) is 0 Å². The summed E-state index contributed by atoms with van der Waals surface area (Å²) in [5.74, 6) is -5.95. The van der Waals surface area contributed by atoms with Crippen molar-refractivity contribution in [1.82, 2.24) is 35.5 Å². The maximum atomic E-state index is 14.9. The molecule has 3 aromatic carbocycles. The number of likely N-dealkylation sites (N-methyl/N-ethyl adjacent to an activating group) is 1. The van der Waals surface area contributed by atoms with Crippen LogP contribution in [-0.2, 0) is 41.2 Å². The summed E-state index contributed by atoms with van der Waals surface area (Å²) >= 11 is 0. The second kappa shape index (κ2) is 23.1. The van der Waals surface area contributed by atoms with E-state index in [0.29, 0.717) is 17.5 Å². The molecule has 23 nitrogen and oxygen atoms in total. The van der Waals surface area contributed by atoms with Crippen LogP contribution < -0.4 is 52.5 Å². The van der Waals surface area contributed by atoms with Gasteiger partial charge in [0, 0.05) is 49.4 Å². The van der Waals surface area contributed by atoms with Gasteiger partial charge in [-0.3, -0.25) is 19.2 Å². The van der Waals surface area contributed by atoms with Gasteiger partial charge in [-0.2, -0.15) is 8.42 Å². The van der Waals surface area contributed by atoms with Crippen LogP contribution in [0.3, 0.4) is 0 Å². The molecular weight excluding hydrogens is 931 g/mol. The van der Waals surface area contributed by atoms with Crippen molar-refractivity contribution in [2.24, 2.45) is 16.6 Å². The lowest BCUT2D eigenvalue weighted by atomic mass is 9.87. The Labute approximate surface area is 404 Å². The van der Waals surface area contributed by atoms with Crippen LogP contribution in [-0.4, -0.2) is 132 Å². The topological polar surface area (TPSA) is 380 Å². The molecule has 0 spiro atoms. The second-order valence-corrected chi connectivity index (χ2v) is 19.1. The molecule has 4 amide bonds. The average Bonchev–Trinajstić information content (AvgIpc) is 3.29. The highest BCUT2D eigenvalue weighted by molar-refractivity contribution is 7.87. The summed E-state index contributed by atoms with van der Waals surface area (Å²) in [6, 6.07) is 8.31. The van der Waals surface area contributed by atoms with Crippen molar-refractivity contribution in [3.05, 3.63) is 83.0 Å². The van der Waals surface area contributed by atoms with Gasteiger partial charge in [-0.05, 0) is 72.7 Å². The van der Waals surface area contributed by atoms with Crippen molar-refractivity contribution in [1.29, 1.82) is 0 Å². The van der Waals surface area contributed by atoms with Crippen molar-refractivity contribution in [3.63, 3.8) is 0 Å². The average molecular weight is 992 g/mol. The van der Waals surface area contributed by atoms with E-state index >= 15 is 0 Å². The smallest absolute Gasteiger partial charge is 0.326 e. The Morgan fingerprint density at radius 2 is 1.69 bits per heavy atom. The van der Waals surface area contributed by atoms with Gasteiger partial charge >= 0.3 is 5.97 Å². The lowest BCUT2D eigenvalue weighted by molar-refractivity contribution is -0.143. The molecule has 5 rings (SSSR count). The minimum Gasteiger partial charge on any atom is -0.504 e. The number of nitrogens with one attached hydrogen (secondary N) is 4. The number of aliphatic hydroxyl groups excluding tert-OH is 1. The molecule has 1 aliphatic heterocycles. The number of carbonyl (C=O) groups excluding carboxylic acids is 4. The molecule has 1 aliphatic rings. The molecule has 2 heterocycles. The van der Waals surface area contributed by atoms with Gasteiger partial charge in [0.1, 0.15) is 48.4 Å². The van der Waals surface area contributed by atoms with Gasteiger partial charge in [0.2, 0.25) is 17.7 Å². The number of carboxylic acids is 1. The zero-order valence-corrected chi connectivity index (χ0v) is 40.2. The number of carbonyl (C=O) groups is 5. The molecule has 4 bridgehead atoms. The molecule has 70 heavy (non-hydrogen) atoms. The molecule has 24 heteroatoms. The van der Waals surface area contributed by atoms with Crippen LogP contribution in [0.4, 0.5) is 5.82 Å². The molecule has 378 valence electrons. The molecule has 0 fully saturated rings. The number of aromatic hydroxyl groups is 1. The van der Waals surface area contributed by atoms with E-state index in [1.165, 1.54) is 38.2 Å². The van der Waals surface area contributed by atoms with E-state index in [1.54, 1.807) is 6.07 Å². The Morgan fingerprint density at radius 1 is 0.986 bits per heavy atom. The van der Waals surface area contributed by atoms with Crippen LogP contribution in [0, 0.1) is 0 Å². The molecule has 0 saturated carbocycles. The number of hydrogen-bond acceptors (Lipinski definition) is 16. The molecule has 0 radical (unpaired) electrons. The molecule has 0 aliphatic carbocycles. The first-order valence-corrected chi connectivity index (χ1v) is 23.7. The molecule has 1 aromatic heterocycles. The molecule has 0 saturated heterocycles. The number of phenols is 1. The normalized spacial score (nSPS) is 17.2. The van der Waals surface area contributed by atoms with Crippen molar-refractivity contribution < 1.29 is 57.2 Å². The summed E-state index contributed by atoms with van der Waals surface area (Å²) in [6.45, 7) is 6.68. The predicted octanol–water partition coefficient (Wildman–Crippen LogP) is -0.0666. The van der Waals surface area contributed by atoms with E-state index in [-0.39, 0.29) is 76.9 Å². The van der Waals surface area contributed by atoms with Gasteiger partial charge in [0.05, 0.1) is 12.2 Å². The monoisotopic (exact) mass is 991 g/mol. The van der Waals surface area contributed by atoms with Gasteiger partial charge in [0.25, 0.3) is 16.1 Å². The van der Waals surface area contributed by atoms with E-state index in [1.807, 2.05) is 24.3 Å². The highest BCUT2D eigenvalue weighted by Gasteiger charge is 2.37. The highest BCUT2D eigenvalue weighted by atomic mass is 32.2. The molecular formula is C46H61N11O12S. The van der Waals surface area contributed by atoms with Gasteiger partial charge in [-0.15, -0.1) is 0 Å². The van der Waals surface area contributed by atoms with Crippen LogP contribution >= 0.6 is 0 Å². The number of anilines is 1. The van der Waals surface area contributed by atoms with Gasteiger partial charge in [-0.1, -0.05) is 51.1 Å². The molecule has 4 aromatic rings. The molecule has 0 unspecified atom stereocenters. The standard InChI is InChI=1S/C46H61N11O12S/c1-24-41(60)55-34(45(64)65)18-25-7-12-35(68-16-6-14-47)30(17-25)31-19-27(20-36(38(31)59)69-23-29(58)21-48)37(43(62)53-24)57(5)44(63)33(13-15-52-70(50,66)67)54-42(61)32-22-51-40(56-39(32)49)26-8-10-28(11-9-26)46(2,3)4/h7-12,17,19-20,22,24,29,33-34,37,52,58-59H,6,13-16,18,21,23,47-48H2,1-5H3,(H,53,62)(H,54,61)(H,55,60)(H,64,65)(H2,49,51,56)(H2,50,66,67)/t24-,29+,33-,34-,37-/m0/s1. The van der Waals surface area contributed by atoms with Crippen LogP contribution in [0.5, 0.6) is 17.2 Å². The van der Waals surface area contributed by atoms with Crippen molar-refractivity contribution in [2.75, 3.05) is 45.6 Å². The number of phenolic OH excluding ortho intramolecular Hbond substituents is 1. The van der Waals surface area contributed by atoms with Crippen LogP contribution in [0.1, 0.15) is 73.6 Å². The first-order chi connectivity index (χ1) is 32.9. The summed E-state index contributed by atoms with van der Waals surface area (Å²) < 4.78 is 37.9. The first kappa shape index (κ1) is 54.0. The van der Waals surface area contributed by atoms with E-state index < -0.39 is 95.4 Å². The minimum absolute atomic E-state index is 0.0368. The Morgan fingerprint density at radius 3 is 2.30 bits per heavy atom. The van der Waals surface area contributed by atoms with Gasteiger partial charge in [-0.25, -0.2) is 24.6 Å². The zero-order chi connectivity index (χ0) is 51.7. The Bertz CT molecular complexity index is 2680. The maximum Gasteiger partial charge on any atom is 0.326 e. The minimum atomic E-state index is -4.31. The third kappa shape index (κ3) is 13.9. The predicted molar refractivity (Wildman–Crippen MR) is 257 cm³/mol. The van der Waals surface area contributed by atoms with Crippen molar-refractivity contribution in [2.45, 2.75) is 82.6 Å². The van der Waals surface area contributed by atoms with E-state index in [4.69, 9.17) is 31.8 Å². The second-order valence-electron chi connectivity index (χ2n) is 17.7. The van der Waals surface area contributed by atoms with Gasteiger partial charge in [0.15, 0.2) is 17.3 Å². The summed E-state index contributed by atoms with van der Waals surface area (Å²) in [5.41, 5.74) is 19.4. The Kier molecular flexibility index (Phi) is 17.8. The zero-order valence-electron chi connectivity index (χ0n) is 39.4. The summed E-state index contributed by atoms with van der Waals surface area (Å²) in [5, 5.41) is 45.1. The number of ether oxygens (including phenoxy) is 2. The quantitative estimate of drug-likeness (QED) is 0.0581. The fraction of sp³-hybridized carbons (Fsp3) is 0.413. The number of aromatic nitrogens is 2. The fourth-order valence-corrected chi connectivity index (χ4v) is 7.75. The fourth-order valence-electron chi connectivity index (χ4n) is 7.34. The number of aliphatic hydroxyl groups is 1. The summed E-state index contributed by atoms with van der Waals surface area (Å²) in [4.78, 5) is 79.2. The van der Waals surface area contributed by atoms with Crippen LogP contribution in [0.25, 0.3) is 22.5 Å². The summed E-state index contributed by atoms with van der Waals surface area (Å²) in [6.07, 6.45) is -0.332. The first-order valence-electron chi connectivity index (χ1n) is 22.2. The van der Waals surface area contributed by atoms with E-state index in [9.17, 15) is 47.7 Å². The Hall–Kier alpha value is -6.96. The lowest BCUT2D eigenvalue weighted by Crippen LogP contribution is -2.55. The number of carboxylic acid groups (broad SMARTS) is 1. The van der Waals surface area contributed by atoms with Crippen molar-refractivity contribution >= 4 is 45.6 Å².